The maximum atomic E-state index is 13.4. The lowest BCUT2D eigenvalue weighted by Crippen LogP contribution is -1.98. The molecule has 1 heterocycles. The lowest BCUT2D eigenvalue weighted by Gasteiger charge is -1.98. The number of furan rings is 1. The molecule has 2 aromatic rings. The first-order valence-corrected chi connectivity index (χ1v) is 4.65. The Labute approximate surface area is 91.5 Å². The van der Waals surface area contributed by atoms with Gasteiger partial charge in [0.25, 0.3) is 0 Å². The van der Waals surface area contributed by atoms with Gasteiger partial charge in [-0.05, 0) is 24.3 Å². The largest absolute Gasteiger partial charge is 0.463 e. The molecule has 1 aromatic heterocycles. The summed E-state index contributed by atoms with van der Waals surface area (Å²) in [5.74, 6) is -0.616. The fraction of sp³-hybridized carbons (Fsp3) is 0.0833. The second-order valence-electron chi connectivity index (χ2n) is 3.14. The van der Waals surface area contributed by atoms with E-state index in [1.54, 1.807) is 18.2 Å². The third-order valence-electron chi connectivity index (χ3n) is 2.13. The summed E-state index contributed by atoms with van der Waals surface area (Å²) in [4.78, 5) is 11.1. The summed E-state index contributed by atoms with van der Waals surface area (Å²) in [6.45, 7) is 0. The number of rotatable bonds is 2. The van der Waals surface area contributed by atoms with Crippen molar-refractivity contribution in [3.05, 3.63) is 48.0 Å². The van der Waals surface area contributed by atoms with Gasteiger partial charge in [0, 0.05) is 0 Å². The van der Waals surface area contributed by atoms with Gasteiger partial charge in [0.1, 0.15) is 11.6 Å². The first kappa shape index (κ1) is 10.4. The van der Waals surface area contributed by atoms with E-state index in [0.29, 0.717) is 11.3 Å². The van der Waals surface area contributed by atoms with Gasteiger partial charge in [0.15, 0.2) is 0 Å². The molecule has 1 aromatic carbocycles. The predicted octanol–water partition coefficient (Wildman–Crippen LogP) is 2.87. The van der Waals surface area contributed by atoms with Crippen LogP contribution in [0.3, 0.4) is 0 Å². The minimum absolute atomic E-state index is 0.0563. The summed E-state index contributed by atoms with van der Waals surface area (Å²) in [7, 11) is 1.26. The molecule has 4 heteroatoms. The molecule has 16 heavy (non-hydrogen) atoms. The van der Waals surface area contributed by atoms with Gasteiger partial charge >= 0.3 is 5.97 Å². The minimum atomic E-state index is -0.581. The van der Waals surface area contributed by atoms with E-state index < -0.39 is 11.8 Å². The Hall–Kier alpha value is -2.10. The van der Waals surface area contributed by atoms with E-state index in [1.165, 1.54) is 25.3 Å². The van der Waals surface area contributed by atoms with Crippen molar-refractivity contribution in [3.63, 3.8) is 0 Å². The van der Waals surface area contributed by atoms with Gasteiger partial charge in [0.2, 0.25) is 5.76 Å². The van der Waals surface area contributed by atoms with Crippen LogP contribution in [0.1, 0.15) is 10.6 Å². The second kappa shape index (κ2) is 4.18. The lowest BCUT2D eigenvalue weighted by atomic mass is 10.1. The number of carbonyl (C=O) groups excluding carboxylic acids is 1. The van der Waals surface area contributed by atoms with Crippen LogP contribution in [-0.4, -0.2) is 13.1 Å². The number of carbonyl (C=O) groups is 1. The molecule has 0 saturated heterocycles. The molecule has 0 aliphatic carbocycles. The van der Waals surface area contributed by atoms with Crippen LogP contribution < -0.4 is 0 Å². The van der Waals surface area contributed by atoms with Crippen molar-refractivity contribution in [2.75, 3.05) is 7.11 Å². The second-order valence-corrected chi connectivity index (χ2v) is 3.14. The number of ether oxygens (including phenoxy) is 1. The highest BCUT2D eigenvalue weighted by molar-refractivity contribution is 5.87. The van der Waals surface area contributed by atoms with Gasteiger partial charge in [-0.2, -0.15) is 0 Å². The molecule has 3 nitrogen and oxygen atoms in total. The van der Waals surface area contributed by atoms with Crippen LogP contribution in [-0.2, 0) is 4.74 Å². The molecule has 0 unspecified atom stereocenters. The zero-order valence-electron chi connectivity index (χ0n) is 8.57. The van der Waals surface area contributed by atoms with E-state index in [9.17, 15) is 9.18 Å². The Morgan fingerprint density at radius 1 is 1.25 bits per heavy atom. The number of methoxy groups -OCH3 is 1. The summed E-state index contributed by atoms with van der Waals surface area (Å²) in [6.07, 6.45) is 0. The molecular weight excluding hydrogens is 211 g/mol. The van der Waals surface area contributed by atoms with Gasteiger partial charge in [-0.15, -0.1) is 0 Å². The smallest absolute Gasteiger partial charge is 0.373 e. The van der Waals surface area contributed by atoms with Gasteiger partial charge in [-0.25, -0.2) is 9.18 Å². The van der Waals surface area contributed by atoms with Crippen molar-refractivity contribution in [1.29, 1.82) is 0 Å². The molecular formula is C12H9FO3. The van der Waals surface area contributed by atoms with Crippen LogP contribution >= 0.6 is 0 Å². The van der Waals surface area contributed by atoms with Crippen LogP contribution in [0.25, 0.3) is 11.3 Å². The van der Waals surface area contributed by atoms with Crippen molar-refractivity contribution >= 4 is 5.97 Å². The first-order valence-electron chi connectivity index (χ1n) is 4.65. The molecule has 0 spiro atoms. The standard InChI is InChI=1S/C12H9FO3/c1-15-12(14)11-7-6-10(16-11)8-4-2-3-5-9(8)13/h2-7H,1H3. The molecule has 0 amide bonds. The van der Waals surface area contributed by atoms with E-state index in [0.717, 1.165) is 0 Å². The average Bonchev–Trinajstić information content (AvgIpc) is 2.78. The van der Waals surface area contributed by atoms with Crippen LogP contribution in [0.2, 0.25) is 0 Å². The molecule has 0 N–H and O–H groups in total. The van der Waals surface area contributed by atoms with Crippen LogP contribution in [0.15, 0.2) is 40.8 Å². The normalized spacial score (nSPS) is 10.1. The Balaban J connectivity index is 2.39. The maximum Gasteiger partial charge on any atom is 0.373 e. The zero-order chi connectivity index (χ0) is 11.5. The predicted molar refractivity (Wildman–Crippen MR) is 55.4 cm³/mol. The van der Waals surface area contributed by atoms with E-state index in [-0.39, 0.29) is 5.76 Å². The van der Waals surface area contributed by atoms with Crippen molar-refractivity contribution in [2.45, 2.75) is 0 Å². The number of esters is 1. The Kier molecular flexibility index (Phi) is 2.72. The fourth-order valence-electron chi connectivity index (χ4n) is 1.35. The molecule has 0 aliphatic heterocycles. The lowest BCUT2D eigenvalue weighted by molar-refractivity contribution is 0.0566. The highest BCUT2D eigenvalue weighted by Gasteiger charge is 2.13. The molecule has 0 bridgehead atoms. The highest BCUT2D eigenvalue weighted by atomic mass is 19.1. The summed E-state index contributed by atoms with van der Waals surface area (Å²) >= 11 is 0. The minimum Gasteiger partial charge on any atom is -0.463 e. The van der Waals surface area contributed by atoms with E-state index >= 15 is 0 Å². The van der Waals surface area contributed by atoms with Crippen molar-refractivity contribution in [1.82, 2.24) is 0 Å². The van der Waals surface area contributed by atoms with Crippen LogP contribution in [0.4, 0.5) is 4.39 Å². The number of halogens is 1. The number of hydrogen-bond acceptors (Lipinski definition) is 3. The Morgan fingerprint density at radius 3 is 2.69 bits per heavy atom. The van der Waals surface area contributed by atoms with Crippen molar-refractivity contribution < 1.29 is 18.3 Å². The van der Waals surface area contributed by atoms with Crippen LogP contribution in [0.5, 0.6) is 0 Å². The third kappa shape index (κ3) is 1.82. The van der Waals surface area contributed by atoms with Crippen molar-refractivity contribution in [3.8, 4) is 11.3 Å². The van der Waals surface area contributed by atoms with E-state index in [2.05, 4.69) is 4.74 Å². The summed E-state index contributed by atoms with van der Waals surface area (Å²) in [5.41, 5.74) is 0.317. The molecule has 0 saturated carbocycles. The van der Waals surface area contributed by atoms with Gasteiger partial charge in [-0.3, -0.25) is 0 Å². The zero-order valence-corrected chi connectivity index (χ0v) is 8.57. The molecule has 82 valence electrons. The van der Waals surface area contributed by atoms with Gasteiger partial charge in [-0.1, -0.05) is 12.1 Å². The van der Waals surface area contributed by atoms with E-state index in [1.807, 2.05) is 0 Å². The molecule has 0 radical (unpaired) electrons. The summed E-state index contributed by atoms with van der Waals surface area (Å²) in [5, 5.41) is 0. The van der Waals surface area contributed by atoms with Gasteiger partial charge in [0.05, 0.1) is 12.7 Å². The molecule has 0 fully saturated rings. The molecule has 0 atom stereocenters. The van der Waals surface area contributed by atoms with Crippen LogP contribution in [0, 0.1) is 5.82 Å². The van der Waals surface area contributed by atoms with E-state index in [4.69, 9.17) is 4.42 Å². The quantitative estimate of drug-likeness (QED) is 0.730. The summed E-state index contributed by atoms with van der Waals surface area (Å²) in [6, 6.07) is 9.17. The molecule has 2 rings (SSSR count). The van der Waals surface area contributed by atoms with Crippen molar-refractivity contribution in [2.24, 2.45) is 0 Å². The molecule has 0 aliphatic rings. The third-order valence-corrected chi connectivity index (χ3v) is 2.13. The number of benzene rings is 1. The SMILES string of the molecule is COC(=O)c1ccc(-c2ccccc2F)o1. The Bertz CT molecular complexity index is 516. The maximum absolute atomic E-state index is 13.4. The number of hydrogen-bond donors (Lipinski definition) is 0. The topological polar surface area (TPSA) is 39.4 Å². The average molecular weight is 220 g/mol. The first-order chi connectivity index (χ1) is 7.72. The Morgan fingerprint density at radius 2 is 2.00 bits per heavy atom. The van der Waals surface area contributed by atoms with Gasteiger partial charge < -0.3 is 9.15 Å². The monoisotopic (exact) mass is 220 g/mol. The fourth-order valence-corrected chi connectivity index (χ4v) is 1.35. The highest BCUT2D eigenvalue weighted by Crippen LogP contribution is 2.24. The summed E-state index contributed by atoms with van der Waals surface area (Å²) < 4.78 is 23.1.